The molecular weight excluding hydrogens is 332 g/mol. The molecule has 2 heterocycles. The van der Waals surface area contributed by atoms with Gasteiger partial charge in [-0.2, -0.15) is 0 Å². The molecule has 0 aliphatic carbocycles. The molecule has 134 valence electrons. The third-order valence-corrected chi connectivity index (χ3v) is 3.86. The number of benzene rings is 1. The molecule has 0 fully saturated rings. The summed E-state index contributed by atoms with van der Waals surface area (Å²) in [5, 5.41) is 11.8. The van der Waals surface area contributed by atoms with Crippen molar-refractivity contribution >= 4 is 5.91 Å². The maximum absolute atomic E-state index is 12.5. The van der Waals surface area contributed by atoms with Crippen molar-refractivity contribution in [3.05, 3.63) is 71.6 Å². The summed E-state index contributed by atoms with van der Waals surface area (Å²) in [6, 6.07) is 14.5. The Labute approximate surface area is 151 Å². The average Bonchev–Trinajstić information content (AvgIpc) is 3.19. The molecule has 0 aliphatic rings. The summed E-state index contributed by atoms with van der Waals surface area (Å²) >= 11 is 0. The summed E-state index contributed by atoms with van der Waals surface area (Å²) in [5.41, 5.74) is 2.66. The highest BCUT2D eigenvalue weighted by molar-refractivity contribution is 5.95. The van der Waals surface area contributed by atoms with Crippen molar-refractivity contribution in [1.29, 1.82) is 0 Å². The Morgan fingerprint density at radius 2 is 2.04 bits per heavy atom. The molecule has 0 spiro atoms. The van der Waals surface area contributed by atoms with Crippen molar-refractivity contribution in [1.82, 2.24) is 10.3 Å². The topological polar surface area (TPSA) is 84.6 Å². The van der Waals surface area contributed by atoms with Crippen molar-refractivity contribution in [2.24, 2.45) is 0 Å². The van der Waals surface area contributed by atoms with Crippen LogP contribution in [0.3, 0.4) is 0 Å². The number of aliphatic hydroxyl groups excluding tert-OH is 1. The van der Waals surface area contributed by atoms with Gasteiger partial charge in [-0.25, -0.2) is 4.98 Å². The van der Waals surface area contributed by atoms with Crippen LogP contribution >= 0.6 is 0 Å². The van der Waals surface area contributed by atoms with Crippen molar-refractivity contribution < 1.29 is 19.1 Å². The minimum Gasteiger partial charge on any atom is -0.491 e. The van der Waals surface area contributed by atoms with Crippen LogP contribution in [-0.2, 0) is 6.54 Å². The molecule has 6 nitrogen and oxygen atoms in total. The quantitative estimate of drug-likeness (QED) is 0.683. The number of rotatable bonds is 7. The lowest BCUT2D eigenvalue weighted by molar-refractivity contribution is 0.0949. The number of pyridine rings is 1. The van der Waals surface area contributed by atoms with Gasteiger partial charge in [-0.1, -0.05) is 18.2 Å². The Bertz CT molecular complexity index is 875. The molecule has 3 aromatic rings. The first kappa shape index (κ1) is 17.7. The maximum Gasteiger partial charge on any atom is 0.253 e. The third-order valence-electron chi connectivity index (χ3n) is 3.86. The second-order valence-corrected chi connectivity index (χ2v) is 5.67. The van der Waals surface area contributed by atoms with E-state index in [0.717, 1.165) is 5.56 Å². The van der Waals surface area contributed by atoms with Crippen LogP contribution < -0.4 is 10.1 Å². The van der Waals surface area contributed by atoms with Gasteiger partial charge in [-0.05, 0) is 37.3 Å². The van der Waals surface area contributed by atoms with Gasteiger partial charge in [0, 0.05) is 12.1 Å². The van der Waals surface area contributed by atoms with Crippen molar-refractivity contribution in [2.75, 3.05) is 13.2 Å². The zero-order valence-corrected chi connectivity index (χ0v) is 14.4. The van der Waals surface area contributed by atoms with Gasteiger partial charge in [-0.15, -0.1) is 0 Å². The Kier molecular flexibility index (Phi) is 5.66. The SMILES string of the molecule is Cc1nc(-c2ccco2)ccc1C(=O)NCc1ccccc1OCCO. The van der Waals surface area contributed by atoms with Gasteiger partial charge in [0.15, 0.2) is 5.76 Å². The van der Waals surface area contributed by atoms with Crippen LogP contribution in [0.5, 0.6) is 5.75 Å². The minimum atomic E-state index is -0.210. The van der Waals surface area contributed by atoms with Gasteiger partial charge < -0.3 is 19.6 Å². The number of nitrogens with zero attached hydrogens (tertiary/aromatic N) is 1. The molecule has 2 N–H and O–H groups in total. The smallest absolute Gasteiger partial charge is 0.253 e. The van der Waals surface area contributed by atoms with E-state index in [1.54, 1.807) is 31.4 Å². The molecule has 0 unspecified atom stereocenters. The van der Waals surface area contributed by atoms with Gasteiger partial charge in [0.25, 0.3) is 5.91 Å². The Morgan fingerprint density at radius 1 is 1.19 bits per heavy atom. The molecule has 0 atom stereocenters. The number of hydrogen-bond donors (Lipinski definition) is 2. The molecule has 3 rings (SSSR count). The highest BCUT2D eigenvalue weighted by Crippen LogP contribution is 2.20. The van der Waals surface area contributed by atoms with E-state index in [0.29, 0.717) is 35.0 Å². The minimum absolute atomic E-state index is 0.0619. The van der Waals surface area contributed by atoms with Crippen LogP contribution in [0, 0.1) is 6.92 Å². The highest BCUT2D eigenvalue weighted by atomic mass is 16.5. The normalized spacial score (nSPS) is 10.5. The first-order valence-corrected chi connectivity index (χ1v) is 8.30. The number of aromatic nitrogens is 1. The van der Waals surface area contributed by atoms with Crippen LogP contribution in [0.25, 0.3) is 11.5 Å². The van der Waals surface area contributed by atoms with E-state index in [-0.39, 0.29) is 19.1 Å². The van der Waals surface area contributed by atoms with Crippen LogP contribution in [0.15, 0.2) is 59.2 Å². The van der Waals surface area contributed by atoms with Crippen molar-refractivity contribution in [3.8, 4) is 17.2 Å². The molecular formula is C20H20N2O4. The van der Waals surface area contributed by atoms with E-state index in [1.807, 2.05) is 30.3 Å². The van der Waals surface area contributed by atoms with E-state index < -0.39 is 0 Å². The molecule has 0 aliphatic heterocycles. The van der Waals surface area contributed by atoms with Gasteiger partial charge in [0.05, 0.1) is 24.1 Å². The molecule has 0 radical (unpaired) electrons. The van der Waals surface area contributed by atoms with E-state index in [2.05, 4.69) is 10.3 Å². The Morgan fingerprint density at radius 3 is 2.77 bits per heavy atom. The number of aliphatic hydroxyl groups is 1. The zero-order chi connectivity index (χ0) is 18.4. The fourth-order valence-corrected chi connectivity index (χ4v) is 2.58. The second kappa shape index (κ2) is 8.31. The number of furan rings is 1. The number of nitrogens with one attached hydrogen (secondary N) is 1. The van der Waals surface area contributed by atoms with E-state index >= 15 is 0 Å². The van der Waals surface area contributed by atoms with Gasteiger partial charge >= 0.3 is 0 Å². The molecule has 2 aromatic heterocycles. The number of carbonyl (C=O) groups is 1. The fourth-order valence-electron chi connectivity index (χ4n) is 2.58. The molecule has 0 saturated heterocycles. The number of aryl methyl sites for hydroxylation is 1. The number of amides is 1. The molecule has 26 heavy (non-hydrogen) atoms. The lowest BCUT2D eigenvalue weighted by atomic mass is 10.1. The monoisotopic (exact) mass is 352 g/mol. The zero-order valence-electron chi connectivity index (χ0n) is 14.4. The Balaban J connectivity index is 1.69. The largest absolute Gasteiger partial charge is 0.491 e. The van der Waals surface area contributed by atoms with E-state index in [1.165, 1.54) is 0 Å². The first-order valence-electron chi connectivity index (χ1n) is 8.30. The molecule has 1 aromatic carbocycles. The number of hydrogen-bond acceptors (Lipinski definition) is 5. The van der Waals surface area contributed by atoms with Crippen LogP contribution in [-0.4, -0.2) is 29.2 Å². The van der Waals surface area contributed by atoms with Gasteiger partial charge in [0.2, 0.25) is 0 Å². The van der Waals surface area contributed by atoms with Crippen LogP contribution in [0.1, 0.15) is 21.6 Å². The maximum atomic E-state index is 12.5. The number of carbonyl (C=O) groups excluding carboxylic acids is 1. The third kappa shape index (κ3) is 4.10. The molecule has 1 amide bonds. The molecule has 0 bridgehead atoms. The fraction of sp³-hybridized carbons (Fsp3) is 0.200. The Hall–Kier alpha value is -3.12. The summed E-state index contributed by atoms with van der Waals surface area (Å²) < 4.78 is 10.8. The number of para-hydroxylation sites is 1. The highest BCUT2D eigenvalue weighted by Gasteiger charge is 2.13. The van der Waals surface area contributed by atoms with Crippen molar-refractivity contribution in [3.63, 3.8) is 0 Å². The van der Waals surface area contributed by atoms with Gasteiger partial charge in [-0.3, -0.25) is 4.79 Å². The number of ether oxygens (including phenoxy) is 1. The summed E-state index contributed by atoms with van der Waals surface area (Å²) in [6.45, 7) is 2.26. The predicted molar refractivity (Wildman–Crippen MR) is 96.9 cm³/mol. The van der Waals surface area contributed by atoms with Gasteiger partial charge in [0.1, 0.15) is 18.1 Å². The van der Waals surface area contributed by atoms with E-state index in [9.17, 15) is 4.79 Å². The summed E-state index contributed by atoms with van der Waals surface area (Å²) in [7, 11) is 0. The lowest BCUT2D eigenvalue weighted by Gasteiger charge is -2.12. The summed E-state index contributed by atoms with van der Waals surface area (Å²) in [5.74, 6) is 1.10. The predicted octanol–water partition coefficient (Wildman–Crippen LogP) is 2.95. The van der Waals surface area contributed by atoms with Crippen molar-refractivity contribution in [2.45, 2.75) is 13.5 Å². The van der Waals surface area contributed by atoms with Crippen LogP contribution in [0.2, 0.25) is 0 Å². The summed E-state index contributed by atoms with van der Waals surface area (Å²) in [4.78, 5) is 16.9. The molecule has 6 heteroatoms. The average molecular weight is 352 g/mol. The standard InChI is InChI=1S/C20H20N2O4/c1-14-16(8-9-17(22-14)19-7-4-11-25-19)20(24)21-13-15-5-2-3-6-18(15)26-12-10-23/h2-9,11,23H,10,12-13H2,1H3,(H,21,24). The lowest BCUT2D eigenvalue weighted by Crippen LogP contribution is -2.24. The molecule has 0 saturated carbocycles. The first-order chi connectivity index (χ1) is 12.7. The van der Waals surface area contributed by atoms with E-state index in [4.69, 9.17) is 14.3 Å². The van der Waals surface area contributed by atoms with Crippen LogP contribution in [0.4, 0.5) is 0 Å². The second-order valence-electron chi connectivity index (χ2n) is 5.67. The summed E-state index contributed by atoms with van der Waals surface area (Å²) in [6.07, 6.45) is 1.59.